The Labute approximate surface area is 80.1 Å². The van der Waals surface area contributed by atoms with Crippen molar-refractivity contribution in [2.45, 2.75) is 39.5 Å². The van der Waals surface area contributed by atoms with Crippen LogP contribution in [0.1, 0.15) is 39.5 Å². The van der Waals surface area contributed by atoms with Gasteiger partial charge in [-0.1, -0.05) is 19.8 Å². The third kappa shape index (κ3) is 6.58. The highest BCUT2D eigenvalue weighted by atomic mass is 16.5. The molecular weight excluding hydrogens is 168 g/mol. The van der Waals surface area contributed by atoms with Gasteiger partial charge in [-0.05, 0) is 19.8 Å². The molecule has 0 aromatic rings. The number of ether oxygens (including phenoxy) is 1. The molecule has 0 aromatic carbocycles. The largest absolute Gasteiger partial charge is 0.481 e. The van der Waals surface area contributed by atoms with Crippen LogP contribution in [-0.4, -0.2) is 24.3 Å². The molecule has 13 heavy (non-hydrogen) atoms. The standard InChI is InChI=1S/C10H20O3/c1-3-5-6-9(10(11)12)7-8-13-4-2/h9H,3-8H2,1-2H3,(H,11,12). The van der Waals surface area contributed by atoms with Crippen molar-refractivity contribution in [3.8, 4) is 0 Å². The molecule has 0 aliphatic rings. The van der Waals surface area contributed by atoms with E-state index in [1.54, 1.807) is 0 Å². The monoisotopic (exact) mass is 188 g/mol. The minimum atomic E-state index is -0.687. The summed E-state index contributed by atoms with van der Waals surface area (Å²) in [5, 5.41) is 8.84. The average molecular weight is 188 g/mol. The third-order valence-corrected chi connectivity index (χ3v) is 2.07. The number of hydrogen-bond donors (Lipinski definition) is 1. The summed E-state index contributed by atoms with van der Waals surface area (Å²) < 4.78 is 5.13. The van der Waals surface area contributed by atoms with E-state index in [0.717, 1.165) is 19.3 Å². The maximum absolute atomic E-state index is 10.7. The summed E-state index contributed by atoms with van der Waals surface area (Å²) in [7, 11) is 0. The second kappa shape index (κ2) is 8.05. The average Bonchev–Trinajstić information content (AvgIpc) is 2.10. The molecule has 0 spiro atoms. The number of carbonyl (C=O) groups is 1. The van der Waals surface area contributed by atoms with Crippen LogP contribution in [0.3, 0.4) is 0 Å². The number of carboxylic acids is 1. The number of carboxylic acid groups (broad SMARTS) is 1. The van der Waals surface area contributed by atoms with Gasteiger partial charge in [-0.3, -0.25) is 4.79 Å². The fraction of sp³-hybridized carbons (Fsp3) is 0.900. The van der Waals surface area contributed by atoms with Crippen molar-refractivity contribution in [3.05, 3.63) is 0 Å². The fourth-order valence-electron chi connectivity index (χ4n) is 1.21. The summed E-state index contributed by atoms with van der Waals surface area (Å²) >= 11 is 0. The van der Waals surface area contributed by atoms with E-state index in [2.05, 4.69) is 6.92 Å². The van der Waals surface area contributed by atoms with Crippen molar-refractivity contribution in [1.82, 2.24) is 0 Å². The summed E-state index contributed by atoms with van der Waals surface area (Å²) in [5.74, 6) is -0.903. The molecule has 1 unspecified atom stereocenters. The van der Waals surface area contributed by atoms with Gasteiger partial charge in [0.1, 0.15) is 0 Å². The SMILES string of the molecule is CCCCC(CCOCC)C(=O)O. The Morgan fingerprint density at radius 2 is 2.08 bits per heavy atom. The fourth-order valence-corrected chi connectivity index (χ4v) is 1.21. The predicted octanol–water partition coefficient (Wildman–Crippen LogP) is 2.30. The van der Waals surface area contributed by atoms with E-state index in [9.17, 15) is 4.79 Å². The molecular formula is C10H20O3. The molecule has 0 saturated heterocycles. The molecule has 0 radical (unpaired) electrons. The smallest absolute Gasteiger partial charge is 0.306 e. The third-order valence-electron chi connectivity index (χ3n) is 2.07. The van der Waals surface area contributed by atoms with E-state index in [0.29, 0.717) is 19.6 Å². The summed E-state index contributed by atoms with van der Waals surface area (Å²) in [5.41, 5.74) is 0. The van der Waals surface area contributed by atoms with Crippen molar-refractivity contribution in [3.63, 3.8) is 0 Å². The number of aliphatic carboxylic acids is 1. The second-order valence-electron chi connectivity index (χ2n) is 3.16. The van der Waals surface area contributed by atoms with Gasteiger partial charge in [-0.2, -0.15) is 0 Å². The summed E-state index contributed by atoms with van der Waals surface area (Å²) in [6.07, 6.45) is 3.46. The Kier molecular flexibility index (Phi) is 7.69. The number of unbranched alkanes of at least 4 members (excludes halogenated alkanes) is 1. The molecule has 0 aliphatic carbocycles. The topological polar surface area (TPSA) is 46.5 Å². The maximum atomic E-state index is 10.7. The number of hydrogen-bond acceptors (Lipinski definition) is 2. The number of rotatable bonds is 8. The van der Waals surface area contributed by atoms with Gasteiger partial charge in [-0.25, -0.2) is 0 Å². The Hall–Kier alpha value is -0.570. The van der Waals surface area contributed by atoms with Gasteiger partial charge < -0.3 is 9.84 Å². The van der Waals surface area contributed by atoms with Crippen molar-refractivity contribution in [1.29, 1.82) is 0 Å². The van der Waals surface area contributed by atoms with Crippen molar-refractivity contribution < 1.29 is 14.6 Å². The van der Waals surface area contributed by atoms with Crippen molar-refractivity contribution in [2.24, 2.45) is 5.92 Å². The van der Waals surface area contributed by atoms with Crippen molar-refractivity contribution >= 4 is 5.97 Å². The summed E-state index contributed by atoms with van der Waals surface area (Å²) in [6.45, 7) is 5.22. The summed E-state index contributed by atoms with van der Waals surface area (Å²) in [4.78, 5) is 10.7. The van der Waals surface area contributed by atoms with E-state index >= 15 is 0 Å². The molecule has 0 aliphatic heterocycles. The normalized spacial score (nSPS) is 12.8. The highest BCUT2D eigenvalue weighted by Crippen LogP contribution is 2.13. The Bertz CT molecular complexity index is 134. The maximum Gasteiger partial charge on any atom is 0.306 e. The zero-order valence-corrected chi connectivity index (χ0v) is 8.58. The predicted molar refractivity (Wildman–Crippen MR) is 51.8 cm³/mol. The first kappa shape index (κ1) is 12.4. The Morgan fingerprint density at radius 1 is 1.38 bits per heavy atom. The molecule has 1 N–H and O–H groups in total. The lowest BCUT2D eigenvalue weighted by atomic mass is 9.99. The van der Waals surface area contributed by atoms with Crippen LogP contribution in [0.4, 0.5) is 0 Å². The van der Waals surface area contributed by atoms with Gasteiger partial charge in [0.05, 0.1) is 5.92 Å². The van der Waals surface area contributed by atoms with Crippen molar-refractivity contribution in [2.75, 3.05) is 13.2 Å². The van der Waals surface area contributed by atoms with Crippen LogP contribution in [-0.2, 0) is 9.53 Å². The molecule has 0 heterocycles. The van der Waals surface area contributed by atoms with E-state index in [4.69, 9.17) is 9.84 Å². The highest BCUT2D eigenvalue weighted by molar-refractivity contribution is 5.69. The van der Waals surface area contributed by atoms with Crippen LogP contribution >= 0.6 is 0 Å². The summed E-state index contributed by atoms with van der Waals surface area (Å²) in [6, 6.07) is 0. The molecule has 0 amide bonds. The van der Waals surface area contributed by atoms with Crippen LogP contribution < -0.4 is 0 Å². The van der Waals surface area contributed by atoms with E-state index in [1.807, 2.05) is 6.92 Å². The first-order valence-electron chi connectivity index (χ1n) is 5.02. The molecule has 0 saturated carbocycles. The van der Waals surface area contributed by atoms with E-state index < -0.39 is 5.97 Å². The molecule has 3 nitrogen and oxygen atoms in total. The molecule has 0 bridgehead atoms. The molecule has 0 fully saturated rings. The van der Waals surface area contributed by atoms with Gasteiger partial charge in [0, 0.05) is 13.2 Å². The van der Waals surface area contributed by atoms with Gasteiger partial charge in [0.15, 0.2) is 0 Å². The Balaban J connectivity index is 3.61. The molecule has 3 heteroatoms. The van der Waals surface area contributed by atoms with Crippen LogP contribution in [0.5, 0.6) is 0 Å². The quantitative estimate of drug-likeness (QED) is 0.594. The van der Waals surface area contributed by atoms with Crippen LogP contribution in [0.15, 0.2) is 0 Å². The van der Waals surface area contributed by atoms with Gasteiger partial charge >= 0.3 is 5.97 Å². The first-order chi connectivity index (χ1) is 6.22. The highest BCUT2D eigenvalue weighted by Gasteiger charge is 2.15. The lowest BCUT2D eigenvalue weighted by molar-refractivity contribution is -0.142. The van der Waals surface area contributed by atoms with E-state index in [1.165, 1.54) is 0 Å². The van der Waals surface area contributed by atoms with Crippen LogP contribution in [0.2, 0.25) is 0 Å². The molecule has 78 valence electrons. The molecule has 0 rings (SSSR count). The van der Waals surface area contributed by atoms with Gasteiger partial charge in [0.2, 0.25) is 0 Å². The lowest BCUT2D eigenvalue weighted by Crippen LogP contribution is -2.16. The van der Waals surface area contributed by atoms with Crippen LogP contribution in [0, 0.1) is 5.92 Å². The Morgan fingerprint density at radius 3 is 2.54 bits per heavy atom. The molecule has 0 aromatic heterocycles. The zero-order chi connectivity index (χ0) is 10.1. The second-order valence-corrected chi connectivity index (χ2v) is 3.16. The van der Waals surface area contributed by atoms with Crippen LogP contribution in [0.25, 0.3) is 0 Å². The molecule has 1 atom stereocenters. The van der Waals surface area contributed by atoms with E-state index in [-0.39, 0.29) is 5.92 Å². The lowest BCUT2D eigenvalue weighted by Gasteiger charge is -2.10. The minimum Gasteiger partial charge on any atom is -0.481 e. The minimum absolute atomic E-state index is 0.216. The van der Waals surface area contributed by atoms with Gasteiger partial charge in [-0.15, -0.1) is 0 Å². The van der Waals surface area contributed by atoms with Gasteiger partial charge in [0.25, 0.3) is 0 Å². The zero-order valence-electron chi connectivity index (χ0n) is 8.58. The first-order valence-corrected chi connectivity index (χ1v) is 5.02.